The molecule has 0 fully saturated rings. The zero-order valence-electron chi connectivity index (χ0n) is 11.7. The van der Waals surface area contributed by atoms with E-state index in [1.807, 2.05) is 32.0 Å². The van der Waals surface area contributed by atoms with Crippen LogP contribution in [0.2, 0.25) is 0 Å². The molecule has 0 aromatic heterocycles. The molecule has 1 N–H and O–H groups in total. The van der Waals surface area contributed by atoms with Crippen molar-refractivity contribution < 1.29 is 13.5 Å². The predicted molar refractivity (Wildman–Crippen MR) is 74.5 cm³/mol. The van der Waals surface area contributed by atoms with E-state index in [4.69, 9.17) is 0 Å². The summed E-state index contributed by atoms with van der Waals surface area (Å²) < 4.78 is 22.3. The van der Waals surface area contributed by atoms with E-state index in [0.29, 0.717) is 6.42 Å². The van der Waals surface area contributed by atoms with Gasteiger partial charge in [0, 0.05) is 12.7 Å². The molecule has 0 heterocycles. The Morgan fingerprint density at radius 3 is 2.06 bits per heavy atom. The van der Waals surface area contributed by atoms with E-state index in [1.165, 1.54) is 6.26 Å². The Kier molecular flexibility index (Phi) is 4.23. The summed E-state index contributed by atoms with van der Waals surface area (Å²) in [5.74, 6) is 0. The number of hydrogen-bond donors (Lipinski definition) is 1. The second-order valence-electron chi connectivity index (χ2n) is 5.47. The average Bonchev–Trinajstić information content (AvgIpc) is 2.21. The largest absolute Gasteiger partial charge is 0.391 e. The van der Waals surface area contributed by atoms with E-state index in [9.17, 15) is 13.5 Å². The number of sulfone groups is 1. The highest BCUT2D eigenvalue weighted by atomic mass is 32.2. The fourth-order valence-corrected chi connectivity index (χ4v) is 2.43. The van der Waals surface area contributed by atoms with Gasteiger partial charge in [-0.25, -0.2) is 8.42 Å². The van der Waals surface area contributed by atoms with Crippen LogP contribution < -0.4 is 0 Å². The van der Waals surface area contributed by atoms with E-state index in [2.05, 4.69) is 0 Å². The summed E-state index contributed by atoms with van der Waals surface area (Å²) in [6.45, 7) is 7.09. The highest BCUT2D eigenvalue weighted by molar-refractivity contribution is 7.92. The Bertz CT molecular complexity index is 510. The third-order valence-corrected chi connectivity index (χ3v) is 5.98. The molecule has 18 heavy (non-hydrogen) atoms. The Morgan fingerprint density at radius 2 is 1.67 bits per heavy atom. The van der Waals surface area contributed by atoms with Crippen LogP contribution in [0, 0.1) is 13.8 Å². The maximum atomic E-state index is 11.7. The Balaban J connectivity index is 3.06. The molecule has 1 aromatic carbocycles. The molecule has 1 atom stereocenters. The van der Waals surface area contributed by atoms with E-state index in [0.717, 1.165) is 16.7 Å². The van der Waals surface area contributed by atoms with E-state index in [-0.39, 0.29) is 0 Å². The molecule has 0 saturated carbocycles. The minimum absolute atomic E-state index is 0.360. The van der Waals surface area contributed by atoms with Crippen molar-refractivity contribution in [3.63, 3.8) is 0 Å². The van der Waals surface area contributed by atoms with Crippen LogP contribution in [0.25, 0.3) is 0 Å². The number of rotatable bonds is 4. The van der Waals surface area contributed by atoms with Gasteiger partial charge in [0.2, 0.25) is 0 Å². The van der Waals surface area contributed by atoms with Gasteiger partial charge in [0.15, 0.2) is 9.84 Å². The molecule has 0 aliphatic rings. The summed E-state index contributed by atoms with van der Waals surface area (Å²) >= 11 is 0. The first-order valence-corrected chi connectivity index (χ1v) is 7.89. The summed E-state index contributed by atoms with van der Waals surface area (Å²) in [6, 6.07) is 5.91. The molecular weight excluding hydrogens is 248 g/mol. The smallest absolute Gasteiger partial charge is 0.155 e. The molecule has 3 nitrogen and oxygen atoms in total. The summed E-state index contributed by atoms with van der Waals surface area (Å²) in [6.07, 6.45) is 0.617. The molecule has 102 valence electrons. The molecular formula is C14H22O3S. The molecule has 0 amide bonds. The number of benzene rings is 1. The fraction of sp³-hybridized carbons (Fsp3) is 0.571. The summed E-state index contributed by atoms with van der Waals surface area (Å²) in [5, 5.41) is 10.2. The predicted octanol–water partition coefficient (Wildman–Crippen LogP) is 2.03. The topological polar surface area (TPSA) is 54.4 Å². The van der Waals surface area contributed by atoms with Crippen LogP contribution in [-0.4, -0.2) is 30.6 Å². The van der Waals surface area contributed by atoms with Crippen molar-refractivity contribution in [3.8, 4) is 0 Å². The van der Waals surface area contributed by atoms with Gasteiger partial charge < -0.3 is 5.11 Å². The van der Waals surface area contributed by atoms with Crippen LogP contribution in [-0.2, 0) is 16.3 Å². The van der Waals surface area contributed by atoms with Crippen molar-refractivity contribution in [2.24, 2.45) is 0 Å². The van der Waals surface area contributed by atoms with Gasteiger partial charge in [-0.1, -0.05) is 18.2 Å². The summed E-state index contributed by atoms with van der Waals surface area (Å²) in [7, 11) is -3.30. The van der Waals surface area contributed by atoms with E-state index < -0.39 is 20.7 Å². The normalized spacial score (nSPS) is 14.6. The molecule has 1 rings (SSSR count). The van der Waals surface area contributed by atoms with Crippen molar-refractivity contribution in [3.05, 3.63) is 34.9 Å². The SMILES string of the molecule is Cc1cccc(C)c1CC(O)C(C)(C)S(C)(=O)=O. The van der Waals surface area contributed by atoms with Crippen LogP contribution in [0.5, 0.6) is 0 Å². The van der Waals surface area contributed by atoms with Gasteiger partial charge in [0.05, 0.1) is 10.9 Å². The van der Waals surface area contributed by atoms with Crippen LogP contribution in [0.1, 0.15) is 30.5 Å². The fourth-order valence-electron chi connectivity index (χ4n) is 1.86. The molecule has 0 aliphatic carbocycles. The van der Waals surface area contributed by atoms with Crippen molar-refractivity contribution >= 4 is 9.84 Å². The minimum atomic E-state index is -3.30. The number of aliphatic hydroxyl groups excluding tert-OH is 1. The molecule has 1 aromatic rings. The van der Waals surface area contributed by atoms with Gasteiger partial charge in [0.1, 0.15) is 0 Å². The highest BCUT2D eigenvalue weighted by Crippen LogP contribution is 2.25. The highest BCUT2D eigenvalue weighted by Gasteiger charge is 2.38. The second kappa shape index (κ2) is 5.02. The maximum Gasteiger partial charge on any atom is 0.155 e. The zero-order valence-corrected chi connectivity index (χ0v) is 12.5. The van der Waals surface area contributed by atoms with Gasteiger partial charge in [-0.15, -0.1) is 0 Å². The summed E-state index contributed by atoms with van der Waals surface area (Å²) in [4.78, 5) is 0. The number of aryl methyl sites for hydroxylation is 2. The third kappa shape index (κ3) is 2.93. The molecule has 0 spiro atoms. The molecule has 0 bridgehead atoms. The first kappa shape index (κ1) is 15.2. The number of hydrogen-bond acceptors (Lipinski definition) is 3. The Hall–Kier alpha value is -0.870. The Labute approximate surface area is 110 Å². The second-order valence-corrected chi connectivity index (χ2v) is 8.06. The minimum Gasteiger partial charge on any atom is -0.391 e. The molecule has 1 unspecified atom stereocenters. The van der Waals surface area contributed by atoms with Crippen molar-refractivity contribution in [2.45, 2.75) is 45.0 Å². The monoisotopic (exact) mass is 270 g/mol. The summed E-state index contributed by atoms with van der Waals surface area (Å²) in [5.41, 5.74) is 3.19. The lowest BCUT2D eigenvalue weighted by atomic mass is 9.93. The van der Waals surface area contributed by atoms with Gasteiger partial charge >= 0.3 is 0 Å². The van der Waals surface area contributed by atoms with Crippen LogP contribution in [0.3, 0.4) is 0 Å². The van der Waals surface area contributed by atoms with Gasteiger partial charge in [-0.05, 0) is 44.4 Å². The molecule has 0 saturated heterocycles. The standard InChI is InChI=1S/C14H22O3S/c1-10-7-6-8-11(2)12(10)9-13(15)14(3,4)18(5,16)17/h6-8,13,15H,9H2,1-5H3. The van der Waals surface area contributed by atoms with Crippen molar-refractivity contribution in [2.75, 3.05) is 6.26 Å². The van der Waals surface area contributed by atoms with Gasteiger partial charge in [0.25, 0.3) is 0 Å². The van der Waals surface area contributed by atoms with Crippen LogP contribution in [0.4, 0.5) is 0 Å². The quantitative estimate of drug-likeness (QED) is 0.911. The lowest BCUT2D eigenvalue weighted by molar-refractivity contribution is 0.137. The third-order valence-electron chi connectivity index (χ3n) is 3.80. The van der Waals surface area contributed by atoms with Gasteiger partial charge in [-0.3, -0.25) is 0 Å². The first-order chi connectivity index (χ1) is 8.07. The lowest BCUT2D eigenvalue weighted by Crippen LogP contribution is -2.44. The van der Waals surface area contributed by atoms with Gasteiger partial charge in [-0.2, -0.15) is 0 Å². The van der Waals surface area contributed by atoms with Crippen molar-refractivity contribution in [1.29, 1.82) is 0 Å². The average molecular weight is 270 g/mol. The van der Waals surface area contributed by atoms with Crippen molar-refractivity contribution in [1.82, 2.24) is 0 Å². The molecule has 4 heteroatoms. The van der Waals surface area contributed by atoms with E-state index in [1.54, 1.807) is 13.8 Å². The van der Waals surface area contributed by atoms with Crippen LogP contribution >= 0.6 is 0 Å². The lowest BCUT2D eigenvalue weighted by Gasteiger charge is -2.29. The molecule has 0 radical (unpaired) electrons. The Morgan fingerprint density at radius 1 is 1.22 bits per heavy atom. The van der Waals surface area contributed by atoms with Crippen LogP contribution in [0.15, 0.2) is 18.2 Å². The molecule has 0 aliphatic heterocycles. The zero-order chi connectivity index (χ0) is 14.1. The first-order valence-electron chi connectivity index (χ1n) is 6.00. The maximum absolute atomic E-state index is 11.7. The van der Waals surface area contributed by atoms with E-state index >= 15 is 0 Å². The number of aliphatic hydroxyl groups is 1.